The first-order chi connectivity index (χ1) is 10.1. The zero-order valence-corrected chi connectivity index (χ0v) is 11.9. The van der Waals surface area contributed by atoms with Crippen LogP contribution in [0.4, 0.5) is 4.39 Å². The summed E-state index contributed by atoms with van der Waals surface area (Å²) in [5.74, 6) is -1.32. The second-order valence-corrected chi connectivity index (χ2v) is 5.11. The van der Waals surface area contributed by atoms with Crippen molar-refractivity contribution in [3.63, 3.8) is 0 Å². The summed E-state index contributed by atoms with van der Waals surface area (Å²) >= 11 is 0. The lowest BCUT2D eigenvalue weighted by atomic mass is 10.1. The molecule has 0 bridgehead atoms. The van der Waals surface area contributed by atoms with E-state index in [9.17, 15) is 9.18 Å². The van der Waals surface area contributed by atoms with Crippen LogP contribution in [0.5, 0.6) is 5.75 Å². The van der Waals surface area contributed by atoms with Crippen molar-refractivity contribution in [3.8, 4) is 5.75 Å². The SMILES string of the molecule is O=C(O)/C=C/c1ccc(OCCN2CCCCC2)c(F)c1. The predicted octanol–water partition coefficient (Wildman–Crippen LogP) is 2.79. The van der Waals surface area contributed by atoms with Crippen LogP contribution in [0.25, 0.3) is 6.08 Å². The van der Waals surface area contributed by atoms with Crippen LogP contribution in [0.15, 0.2) is 24.3 Å². The lowest BCUT2D eigenvalue weighted by Crippen LogP contribution is -2.33. The third-order valence-electron chi connectivity index (χ3n) is 3.49. The molecule has 1 N–H and O–H groups in total. The molecule has 0 amide bonds. The second-order valence-electron chi connectivity index (χ2n) is 5.11. The van der Waals surface area contributed by atoms with Crippen molar-refractivity contribution < 1.29 is 19.0 Å². The van der Waals surface area contributed by atoms with Crippen molar-refractivity contribution in [2.24, 2.45) is 0 Å². The van der Waals surface area contributed by atoms with Crippen molar-refractivity contribution in [1.82, 2.24) is 4.90 Å². The number of piperidine rings is 1. The third-order valence-corrected chi connectivity index (χ3v) is 3.49. The van der Waals surface area contributed by atoms with Crippen LogP contribution in [-0.4, -0.2) is 42.2 Å². The van der Waals surface area contributed by atoms with E-state index in [1.807, 2.05) is 0 Å². The van der Waals surface area contributed by atoms with Crippen molar-refractivity contribution in [1.29, 1.82) is 0 Å². The number of carboxylic acids is 1. The van der Waals surface area contributed by atoms with Crippen molar-refractivity contribution in [2.45, 2.75) is 19.3 Å². The number of carboxylic acid groups (broad SMARTS) is 1. The highest BCUT2D eigenvalue weighted by molar-refractivity contribution is 5.85. The van der Waals surface area contributed by atoms with E-state index in [-0.39, 0.29) is 5.75 Å². The maximum Gasteiger partial charge on any atom is 0.328 e. The minimum absolute atomic E-state index is 0.208. The molecule has 1 aliphatic rings. The Hall–Kier alpha value is -1.88. The Labute approximate surface area is 123 Å². The molecule has 0 saturated carbocycles. The summed E-state index contributed by atoms with van der Waals surface area (Å²) in [4.78, 5) is 12.7. The van der Waals surface area contributed by atoms with Crippen LogP contribution in [0.1, 0.15) is 24.8 Å². The van der Waals surface area contributed by atoms with Crippen molar-refractivity contribution >= 4 is 12.0 Å². The van der Waals surface area contributed by atoms with Gasteiger partial charge in [0.15, 0.2) is 11.6 Å². The highest BCUT2D eigenvalue weighted by Gasteiger charge is 2.10. The summed E-state index contributed by atoms with van der Waals surface area (Å²) in [5, 5.41) is 8.53. The minimum Gasteiger partial charge on any atom is -0.489 e. The minimum atomic E-state index is -1.06. The van der Waals surface area contributed by atoms with Crippen molar-refractivity contribution in [3.05, 3.63) is 35.7 Å². The number of aliphatic carboxylic acids is 1. The molecule has 1 aromatic carbocycles. The fourth-order valence-corrected chi connectivity index (χ4v) is 2.37. The van der Waals surface area contributed by atoms with Crippen molar-refractivity contribution in [2.75, 3.05) is 26.2 Å². The van der Waals surface area contributed by atoms with Crippen LogP contribution in [-0.2, 0) is 4.79 Å². The standard InChI is InChI=1S/C16H20FNO3/c17-14-12-13(5-7-16(19)20)4-6-15(14)21-11-10-18-8-2-1-3-9-18/h4-7,12H,1-3,8-11H2,(H,19,20)/b7-5+. The molecular formula is C16H20FNO3. The van der Waals surface area contributed by atoms with Gasteiger partial charge in [0.1, 0.15) is 6.61 Å². The Kier molecular flexibility index (Phi) is 5.75. The predicted molar refractivity (Wildman–Crippen MR) is 78.9 cm³/mol. The Morgan fingerprint density at radius 2 is 2.10 bits per heavy atom. The van der Waals surface area contributed by atoms with E-state index in [4.69, 9.17) is 9.84 Å². The Morgan fingerprint density at radius 3 is 2.76 bits per heavy atom. The topological polar surface area (TPSA) is 49.8 Å². The first-order valence-electron chi connectivity index (χ1n) is 7.21. The highest BCUT2D eigenvalue weighted by atomic mass is 19.1. The molecule has 1 heterocycles. The average molecular weight is 293 g/mol. The van der Waals surface area contributed by atoms with Gasteiger partial charge >= 0.3 is 5.97 Å². The Bertz CT molecular complexity index is 510. The van der Waals surface area contributed by atoms with Crippen LogP contribution in [0, 0.1) is 5.82 Å². The molecule has 0 radical (unpaired) electrons. The van der Waals surface area contributed by atoms with E-state index < -0.39 is 11.8 Å². The summed E-state index contributed by atoms with van der Waals surface area (Å²) in [6.45, 7) is 3.44. The van der Waals surface area contributed by atoms with Gasteiger partial charge in [-0.05, 0) is 49.7 Å². The van der Waals surface area contributed by atoms with Gasteiger partial charge in [-0.25, -0.2) is 9.18 Å². The van der Waals surface area contributed by atoms with Gasteiger partial charge in [0.25, 0.3) is 0 Å². The van der Waals surface area contributed by atoms with Crippen LogP contribution >= 0.6 is 0 Å². The molecule has 21 heavy (non-hydrogen) atoms. The Morgan fingerprint density at radius 1 is 1.33 bits per heavy atom. The number of hydrogen-bond donors (Lipinski definition) is 1. The number of ether oxygens (including phenoxy) is 1. The number of likely N-dealkylation sites (tertiary alicyclic amines) is 1. The molecule has 0 aliphatic carbocycles. The number of hydrogen-bond acceptors (Lipinski definition) is 3. The third kappa shape index (κ3) is 5.19. The summed E-state index contributed by atoms with van der Waals surface area (Å²) in [6, 6.07) is 4.45. The quantitative estimate of drug-likeness (QED) is 0.819. The molecule has 4 nitrogen and oxygen atoms in total. The normalized spacial score (nSPS) is 16.2. The molecule has 114 valence electrons. The summed E-state index contributed by atoms with van der Waals surface area (Å²) in [6.07, 6.45) is 6.06. The van der Waals surface area contributed by atoms with E-state index >= 15 is 0 Å². The number of rotatable bonds is 6. The van der Waals surface area contributed by atoms with Gasteiger partial charge in [-0.15, -0.1) is 0 Å². The van der Waals surface area contributed by atoms with Crippen LogP contribution in [0.2, 0.25) is 0 Å². The maximum atomic E-state index is 13.8. The molecule has 0 aromatic heterocycles. The first kappa shape index (κ1) is 15.5. The molecule has 1 saturated heterocycles. The molecular weight excluding hydrogens is 273 g/mol. The van der Waals surface area contributed by atoms with Gasteiger partial charge < -0.3 is 9.84 Å². The Balaban J connectivity index is 1.84. The lowest BCUT2D eigenvalue weighted by molar-refractivity contribution is -0.131. The number of carbonyl (C=O) groups is 1. The fraction of sp³-hybridized carbons (Fsp3) is 0.438. The zero-order valence-electron chi connectivity index (χ0n) is 11.9. The van der Waals surface area contributed by atoms with E-state index in [0.29, 0.717) is 12.2 Å². The van der Waals surface area contributed by atoms with Gasteiger partial charge in [-0.2, -0.15) is 0 Å². The fourth-order valence-electron chi connectivity index (χ4n) is 2.37. The largest absolute Gasteiger partial charge is 0.489 e. The van der Waals surface area contributed by atoms with E-state index in [0.717, 1.165) is 25.7 Å². The van der Waals surface area contributed by atoms with E-state index in [1.165, 1.54) is 37.5 Å². The van der Waals surface area contributed by atoms with Gasteiger partial charge in [0, 0.05) is 12.6 Å². The van der Waals surface area contributed by atoms with E-state index in [2.05, 4.69) is 4.90 Å². The molecule has 0 spiro atoms. The molecule has 0 unspecified atom stereocenters. The van der Waals surface area contributed by atoms with Gasteiger partial charge in [0.05, 0.1) is 0 Å². The monoisotopic (exact) mass is 293 g/mol. The molecule has 2 rings (SSSR count). The number of nitrogens with zero attached hydrogens (tertiary/aromatic N) is 1. The maximum absolute atomic E-state index is 13.8. The summed E-state index contributed by atoms with van der Waals surface area (Å²) in [5.41, 5.74) is 0.498. The molecule has 5 heteroatoms. The second kappa shape index (κ2) is 7.78. The smallest absolute Gasteiger partial charge is 0.328 e. The first-order valence-corrected chi connectivity index (χ1v) is 7.21. The number of halogens is 1. The van der Waals surface area contributed by atoms with Gasteiger partial charge in [-0.3, -0.25) is 4.90 Å². The van der Waals surface area contributed by atoms with Gasteiger partial charge in [-0.1, -0.05) is 12.5 Å². The zero-order chi connectivity index (χ0) is 15.1. The van der Waals surface area contributed by atoms with Crippen LogP contribution < -0.4 is 4.74 Å². The molecule has 1 fully saturated rings. The number of benzene rings is 1. The summed E-state index contributed by atoms with van der Waals surface area (Å²) in [7, 11) is 0. The molecule has 0 atom stereocenters. The van der Waals surface area contributed by atoms with Gasteiger partial charge in [0.2, 0.25) is 0 Å². The lowest BCUT2D eigenvalue weighted by Gasteiger charge is -2.26. The highest BCUT2D eigenvalue weighted by Crippen LogP contribution is 2.19. The van der Waals surface area contributed by atoms with Crippen LogP contribution in [0.3, 0.4) is 0 Å². The average Bonchev–Trinajstić information content (AvgIpc) is 2.48. The molecule has 1 aromatic rings. The molecule has 1 aliphatic heterocycles. The summed E-state index contributed by atoms with van der Waals surface area (Å²) < 4.78 is 19.3. The van der Waals surface area contributed by atoms with E-state index in [1.54, 1.807) is 6.07 Å².